The second kappa shape index (κ2) is 10.0. The zero-order valence-electron chi connectivity index (χ0n) is 17.1. The van der Waals surface area contributed by atoms with E-state index in [1.807, 2.05) is 18.2 Å². The van der Waals surface area contributed by atoms with Gasteiger partial charge in [-0.1, -0.05) is 23.9 Å². The van der Waals surface area contributed by atoms with E-state index in [4.69, 9.17) is 4.74 Å². The fourth-order valence-electron chi connectivity index (χ4n) is 2.69. The van der Waals surface area contributed by atoms with Gasteiger partial charge in [-0.3, -0.25) is 4.79 Å². The average Bonchev–Trinajstić information content (AvgIpc) is 2.75. The first-order valence-electron chi connectivity index (χ1n) is 9.57. The Balaban J connectivity index is 1.53. The van der Waals surface area contributed by atoms with Crippen molar-refractivity contribution in [2.45, 2.75) is 25.8 Å². The molecule has 0 unspecified atom stereocenters. The number of nitrogens with zero attached hydrogens (tertiary/aromatic N) is 2. The highest BCUT2D eigenvalue weighted by molar-refractivity contribution is 7.99. The van der Waals surface area contributed by atoms with Crippen LogP contribution in [0.25, 0.3) is 11.3 Å². The summed E-state index contributed by atoms with van der Waals surface area (Å²) in [5.41, 5.74) is 5.33. The van der Waals surface area contributed by atoms with Crippen molar-refractivity contribution in [1.82, 2.24) is 10.2 Å². The van der Waals surface area contributed by atoms with Crippen molar-refractivity contribution in [3.63, 3.8) is 0 Å². The van der Waals surface area contributed by atoms with Gasteiger partial charge < -0.3 is 10.1 Å². The molecular formula is C23H23N3O3S. The van der Waals surface area contributed by atoms with Crippen LogP contribution in [0.1, 0.15) is 28.4 Å². The third-order valence-corrected chi connectivity index (χ3v) is 5.39. The molecule has 30 heavy (non-hydrogen) atoms. The summed E-state index contributed by atoms with van der Waals surface area (Å²) in [7, 11) is 0. The van der Waals surface area contributed by atoms with Crippen molar-refractivity contribution in [3.05, 3.63) is 71.3 Å². The molecule has 0 atom stereocenters. The number of amides is 1. The largest absolute Gasteiger partial charge is 0.462 e. The van der Waals surface area contributed by atoms with E-state index >= 15 is 0 Å². The van der Waals surface area contributed by atoms with Crippen LogP contribution in [0.2, 0.25) is 0 Å². The first kappa shape index (κ1) is 21.5. The number of aromatic nitrogens is 2. The van der Waals surface area contributed by atoms with Crippen LogP contribution >= 0.6 is 11.8 Å². The van der Waals surface area contributed by atoms with Gasteiger partial charge in [0.25, 0.3) is 0 Å². The molecule has 3 aromatic rings. The molecule has 154 valence electrons. The molecule has 0 spiro atoms. The smallest absolute Gasteiger partial charge is 0.338 e. The maximum absolute atomic E-state index is 12.2. The molecular weight excluding hydrogens is 398 g/mol. The summed E-state index contributed by atoms with van der Waals surface area (Å²) in [4.78, 5) is 23.9. The summed E-state index contributed by atoms with van der Waals surface area (Å²) in [6.45, 7) is 6.22. The number of carbonyl (C=O) groups is 2. The van der Waals surface area contributed by atoms with E-state index in [1.54, 1.807) is 31.2 Å². The van der Waals surface area contributed by atoms with Gasteiger partial charge in [0.1, 0.15) is 5.03 Å². The van der Waals surface area contributed by atoms with Crippen LogP contribution in [0.5, 0.6) is 0 Å². The molecule has 0 radical (unpaired) electrons. The number of esters is 1. The predicted molar refractivity (Wildman–Crippen MR) is 119 cm³/mol. The first-order valence-corrected chi connectivity index (χ1v) is 10.6. The van der Waals surface area contributed by atoms with Crippen LogP contribution in [0.15, 0.2) is 59.6 Å². The molecule has 0 bridgehead atoms. The van der Waals surface area contributed by atoms with E-state index in [0.29, 0.717) is 22.9 Å². The quantitative estimate of drug-likeness (QED) is 0.441. The minimum Gasteiger partial charge on any atom is -0.462 e. The highest BCUT2D eigenvalue weighted by Gasteiger charge is 2.09. The molecule has 0 aliphatic carbocycles. The van der Waals surface area contributed by atoms with Crippen molar-refractivity contribution in [2.24, 2.45) is 0 Å². The molecule has 1 amide bonds. The number of ether oxygens (including phenoxy) is 1. The summed E-state index contributed by atoms with van der Waals surface area (Å²) in [6.07, 6.45) is 0. The molecule has 0 aliphatic rings. The fourth-order valence-corrected chi connectivity index (χ4v) is 3.31. The van der Waals surface area contributed by atoms with E-state index in [-0.39, 0.29) is 17.6 Å². The third kappa shape index (κ3) is 5.67. The Hall–Kier alpha value is -3.19. The summed E-state index contributed by atoms with van der Waals surface area (Å²) >= 11 is 1.31. The van der Waals surface area contributed by atoms with Gasteiger partial charge >= 0.3 is 5.97 Å². The van der Waals surface area contributed by atoms with Gasteiger partial charge in [0.2, 0.25) is 5.91 Å². The standard InChI is InChI=1S/C23H23N3O3S/c1-4-29-23(28)17-7-9-19(10-8-17)24-21(27)14-30-22-12-11-20(25-26-22)18-6-5-15(2)16(3)13-18/h5-13H,4,14H2,1-3H3,(H,24,27). The lowest BCUT2D eigenvalue weighted by molar-refractivity contribution is -0.113. The zero-order valence-corrected chi connectivity index (χ0v) is 18.0. The number of rotatable bonds is 7. The molecule has 6 nitrogen and oxygen atoms in total. The highest BCUT2D eigenvalue weighted by atomic mass is 32.2. The van der Waals surface area contributed by atoms with Crippen molar-refractivity contribution < 1.29 is 14.3 Å². The topological polar surface area (TPSA) is 81.2 Å². The third-order valence-electron chi connectivity index (χ3n) is 4.47. The summed E-state index contributed by atoms with van der Waals surface area (Å²) in [5, 5.41) is 12.0. The van der Waals surface area contributed by atoms with Gasteiger partial charge in [-0.05, 0) is 74.4 Å². The molecule has 0 saturated carbocycles. The Morgan fingerprint density at radius 1 is 0.967 bits per heavy atom. The average molecular weight is 422 g/mol. The number of hydrogen-bond acceptors (Lipinski definition) is 6. The lowest BCUT2D eigenvalue weighted by atomic mass is 10.0. The van der Waals surface area contributed by atoms with Gasteiger partial charge in [0.05, 0.1) is 23.6 Å². The molecule has 7 heteroatoms. The number of benzene rings is 2. The predicted octanol–water partition coefficient (Wildman–Crippen LogP) is 4.67. The molecule has 1 heterocycles. The van der Waals surface area contributed by atoms with Crippen molar-refractivity contribution in [1.29, 1.82) is 0 Å². The molecule has 0 fully saturated rings. The van der Waals surface area contributed by atoms with Crippen LogP contribution in [0.3, 0.4) is 0 Å². The van der Waals surface area contributed by atoms with Gasteiger partial charge in [-0.15, -0.1) is 10.2 Å². The Kier molecular flexibility index (Phi) is 7.19. The van der Waals surface area contributed by atoms with Gasteiger partial charge in [0, 0.05) is 11.3 Å². The van der Waals surface area contributed by atoms with Crippen LogP contribution in [-0.2, 0) is 9.53 Å². The molecule has 1 N–H and O–H groups in total. The SMILES string of the molecule is CCOC(=O)c1ccc(NC(=O)CSc2ccc(-c3ccc(C)c(C)c3)nn2)cc1. The van der Waals surface area contributed by atoms with E-state index in [0.717, 1.165) is 11.3 Å². The van der Waals surface area contributed by atoms with E-state index < -0.39 is 0 Å². The lowest BCUT2D eigenvalue weighted by Gasteiger charge is -2.07. The molecule has 3 rings (SSSR count). The zero-order chi connectivity index (χ0) is 21.5. The van der Waals surface area contributed by atoms with Crippen LogP contribution < -0.4 is 5.32 Å². The monoisotopic (exact) mass is 421 g/mol. The maximum atomic E-state index is 12.2. The summed E-state index contributed by atoms with van der Waals surface area (Å²) in [5.74, 6) is -0.338. The molecule has 2 aromatic carbocycles. The normalized spacial score (nSPS) is 10.5. The Morgan fingerprint density at radius 2 is 1.73 bits per heavy atom. The van der Waals surface area contributed by atoms with Crippen molar-refractivity contribution in [3.8, 4) is 11.3 Å². The molecule has 1 aromatic heterocycles. The van der Waals surface area contributed by atoms with Gasteiger partial charge in [-0.25, -0.2) is 4.79 Å². The van der Waals surface area contributed by atoms with Gasteiger partial charge in [-0.2, -0.15) is 0 Å². The van der Waals surface area contributed by atoms with Gasteiger partial charge in [0.15, 0.2) is 0 Å². The van der Waals surface area contributed by atoms with Crippen LogP contribution in [0.4, 0.5) is 5.69 Å². The van der Waals surface area contributed by atoms with Crippen molar-refractivity contribution >= 4 is 29.3 Å². The van der Waals surface area contributed by atoms with E-state index in [2.05, 4.69) is 41.5 Å². The van der Waals surface area contributed by atoms with E-state index in [1.165, 1.54) is 22.9 Å². The number of anilines is 1. The highest BCUT2D eigenvalue weighted by Crippen LogP contribution is 2.22. The fraction of sp³-hybridized carbons (Fsp3) is 0.217. The first-order chi connectivity index (χ1) is 14.5. The lowest BCUT2D eigenvalue weighted by Crippen LogP contribution is -2.14. The van der Waals surface area contributed by atoms with Crippen LogP contribution in [-0.4, -0.2) is 34.4 Å². The minimum atomic E-state index is -0.381. The number of thioether (sulfide) groups is 1. The minimum absolute atomic E-state index is 0.163. The number of carbonyl (C=O) groups excluding carboxylic acids is 2. The summed E-state index contributed by atoms with van der Waals surface area (Å²) in [6, 6.07) is 16.6. The summed E-state index contributed by atoms with van der Waals surface area (Å²) < 4.78 is 4.94. The van der Waals surface area contributed by atoms with Crippen molar-refractivity contribution in [2.75, 3.05) is 17.7 Å². The maximum Gasteiger partial charge on any atom is 0.338 e. The second-order valence-corrected chi connectivity index (χ2v) is 7.69. The number of aryl methyl sites for hydroxylation is 2. The number of hydrogen-bond donors (Lipinski definition) is 1. The van der Waals surface area contributed by atoms with E-state index in [9.17, 15) is 9.59 Å². The second-order valence-electron chi connectivity index (χ2n) is 6.69. The Bertz CT molecular complexity index is 1030. The molecule has 0 aliphatic heterocycles. The Morgan fingerprint density at radius 3 is 2.37 bits per heavy atom. The van der Waals surface area contributed by atoms with Crippen LogP contribution in [0, 0.1) is 13.8 Å². The Labute approximate surface area is 180 Å². The number of nitrogens with one attached hydrogen (secondary N) is 1. The molecule has 0 saturated heterocycles.